The van der Waals surface area contributed by atoms with Gasteiger partial charge in [0.1, 0.15) is 22.6 Å². The van der Waals surface area contributed by atoms with Crippen LogP contribution in [-0.4, -0.2) is 66.6 Å². The van der Waals surface area contributed by atoms with Crippen LogP contribution in [0.3, 0.4) is 0 Å². The van der Waals surface area contributed by atoms with Crippen molar-refractivity contribution in [3.05, 3.63) is 78.4 Å². The Morgan fingerprint density at radius 2 is 1.92 bits per heavy atom. The molecule has 0 amide bonds. The third-order valence-electron chi connectivity index (χ3n) is 6.55. The van der Waals surface area contributed by atoms with Crippen LogP contribution in [-0.2, 0) is 16.6 Å². The second kappa shape index (κ2) is 11.0. The fraction of sp³-hybridized carbons (Fsp3) is 0.370. The molecule has 0 fully saturated rings. The van der Waals surface area contributed by atoms with E-state index in [0.29, 0.717) is 24.2 Å². The van der Waals surface area contributed by atoms with Crippen LogP contribution in [0.15, 0.2) is 71.9 Å². The van der Waals surface area contributed by atoms with Crippen molar-refractivity contribution in [2.75, 3.05) is 26.7 Å². The molecule has 0 radical (unpaired) electrons. The maximum Gasteiger partial charge on any atom is 0.247 e. The number of rotatable bonds is 7. The summed E-state index contributed by atoms with van der Waals surface area (Å²) >= 11 is 0. The molecule has 36 heavy (non-hydrogen) atoms. The lowest BCUT2D eigenvalue weighted by atomic mass is 10.0. The second-order valence-corrected chi connectivity index (χ2v) is 11.3. The van der Waals surface area contributed by atoms with Gasteiger partial charge in [-0.15, -0.1) is 0 Å². The minimum Gasteiger partial charge on any atom is -0.487 e. The number of aromatic nitrogens is 1. The van der Waals surface area contributed by atoms with E-state index in [4.69, 9.17) is 4.74 Å². The third-order valence-corrected chi connectivity index (χ3v) is 8.56. The first kappa shape index (κ1) is 26.2. The van der Waals surface area contributed by atoms with E-state index >= 15 is 0 Å². The lowest BCUT2D eigenvalue weighted by Crippen LogP contribution is -2.49. The Bertz CT molecular complexity index is 1290. The maximum absolute atomic E-state index is 14.5. The largest absolute Gasteiger partial charge is 0.487 e. The Kier molecular flexibility index (Phi) is 8.04. The number of nitrogens with zero attached hydrogens (tertiary/aromatic N) is 3. The fourth-order valence-corrected chi connectivity index (χ4v) is 6.30. The molecule has 0 aliphatic carbocycles. The minimum absolute atomic E-state index is 0.0107. The smallest absolute Gasteiger partial charge is 0.247 e. The number of hydrogen-bond acceptors (Lipinski definition) is 6. The zero-order chi connectivity index (χ0) is 25.9. The van der Waals surface area contributed by atoms with E-state index in [0.717, 1.165) is 5.56 Å². The molecule has 3 aromatic rings. The van der Waals surface area contributed by atoms with Gasteiger partial charge < -0.3 is 9.84 Å². The van der Waals surface area contributed by atoms with E-state index in [1.165, 1.54) is 16.4 Å². The van der Waals surface area contributed by atoms with Crippen molar-refractivity contribution in [3.8, 4) is 16.9 Å². The predicted octanol–water partition coefficient (Wildman–Crippen LogP) is 3.79. The lowest BCUT2D eigenvalue weighted by Gasteiger charge is -2.37. The molecular weight excluding hydrogens is 481 g/mol. The molecule has 4 rings (SSSR count). The van der Waals surface area contributed by atoms with Crippen molar-refractivity contribution in [1.82, 2.24) is 14.2 Å². The van der Waals surface area contributed by atoms with E-state index in [-0.39, 0.29) is 35.8 Å². The monoisotopic (exact) mass is 513 g/mol. The predicted molar refractivity (Wildman–Crippen MR) is 136 cm³/mol. The Morgan fingerprint density at radius 3 is 2.61 bits per heavy atom. The molecule has 7 nitrogen and oxygen atoms in total. The molecule has 0 unspecified atom stereocenters. The summed E-state index contributed by atoms with van der Waals surface area (Å²) in [6.45, 7) is 4.74. The highest BCUT2D eigenvalue weighted by Crippen LogP contribution is 2.37. The molecule has 3 atom stereocenters. The molecule has 0 bridgehead atoms. The first-order chi connectivity index (χ1) is 17.2. The van der Waals surface area contributed by atoms with Crippen molar-refractivity contribution in [2.45, 2.75) is 37.4 Å². The van der Waals surface area contributed by atoms with Gasteiger partial charge >= 0.3 is 0 Å². The second-order valence-electron chi connectivity index (χ2n) is 9.43. The molecule has 0 saturated carbocycles. The molecule has 9 heteroatoms. The van der Waals surface area contributed by atoms with E-state index in [2.05, 4.69) is 9.88 Å². The van der Waals surface area contributed by atoms with Gasteiger partial charge in [-0.3, -0.25) is 9.88 Å². The van der Waals surface area contributed by atoms with Crippen molar-refractivity contribution in [1.29, 1.82) is 0 Å². The molecule has 0 spiro atoms. The molecule has 1 aliphatic heterocycles. The first-order valence-corrected chi connectivity index (χ1v) is 13.4. The number of pyridine rings is 1. The average molecular weight is 514 g/mol. The van der Waals surface area contributed by atoms with Crippen molar-refractivity contribution >= 4 is 10.0 Å². The zero-order valence-corrected chi connectivity index (χ0v) is 21.5. The van der Waals surface area contributed by atoms with Crippen LogP contribution < -0.4 is 4.74 Å². The molecule has 2 aromatic carbocycles. The van der Waals surface area contributed by atoms with Crippen molar-refractivity contribution in [2.24, 2.45) is 5.92 Å². The summed E-state index contributed by atoms with van der Waals surface area (Å²) in [5.74, 6) is -0.401. The highest BCUT2D eigenvalue weighted by Gasteiger charge is 2.38. The lowest BCUT2D eigenvalue weighted by molar-refractivity contribution is 0.0734. The third kappa shape index (κ3) is 5.59. The molecule has 192 valence electrons. The average Bonchev–Trinajstić information content (AvgIpc) is 2.86. The van der Waals surface area contributed by atoms with Gasteiger partial charge in [0.25, 0.3) is 0 Å². The van der Waals surface area contributed by atoms with Crippen LogP contribution in [0.5, 0.6) is 5.75 Å². The van der Waals surface area contributed by atoms with Crippen molar-refractivity contribution in [3.63, 3.8) is 0 Å². The standard InChI is InChI=1S/C27H32FN3O4S/c1-19-15-31(20(2)18-32)36(33,34)27-9-8-22(23-6-4-5-7-24(23)28)14-25(27)35-26(19)17-30(3)16-21-10-12-29-13-11-21/h4-14,19-20,26,32H,15-18H2,1-3H3/t19-,20-,26-/m1/s1. The first-order valence-electron chi connectivity index (χ1n) is 12.0. The number of hydrogen-bond donors (Lipinski definition) is 1. The summed E-state index contributed by atoms with van der Waals surface area (Å²) in [6, 6.07) is 14.3. The van der Waals surface area contributed by atoms with Crippen LogP contribution >= 0.6 is 0 Å². The molecule has 1 aromatic heterocycles. The number of sulfonamides is 1. The fourth-order valence-electron chi connectivity index (χ4n) is 4.48. The van der Waals surface area contributed by atoms with Gasteiger partial charge in [0.15, 0.2) is 0 Å². The number of ether oxygens (including phenoxy) is 1. The van der Waals surface area contributed by atoms with Crippen LogP contribution in [0.25, 0.3) is 11.1 Å². The van der Waals surface area contributed by atoms with Crippen LogP contribution in [0.4, 0.5) is 4.39 Å². The van der Waals surface area contributed by atoms with Crippen LogP contribution in [0.2, 0.25) is 0 Å². The highest BCUT2D eigenvalue weighted by molar-refractivity contribution is 7.89. The van der Waals surface area contributed by atoms with Gasteiger partial charge in [-0.2, -0.15) is 4.31 Å². The zero-order valence-electron chi connectivity index (χ0n) is 20.7. The number of likely N-dealkylation sites (N-methyl/N-ethyl adjacent to an activating group) is 1. The summed E-state index contributed by atoms with van der Waals surface area (Å²) in [4.78, 5) is 6.19. The number of aliphatic hydroxyl groups is 1. The number of fused-ring (bicyclic) bond motifs is 1. The normalized spacial score (nSPS) is 20.7. The maximum atomic E-state index is 14.5. The Morgan fingerprint density at radius 1 is 1.19 bits per heavy atom. The van der Waals surface area contributed by atoms with Gasteiger partial charge in [-0.05, 0) is 55.4 Å². The van der Waals surface area contributed by atoms with Gasteiger partial charge in [0, 0.05) is 49.6 Å². The molecule has 1 N–H and O–H groups in total. The van der Waals surface area contributed by atoms with Gasteiger partial charge in [-0.1, -0.05) is 31.2 Å². The van der Waals surface area contributed by atoms with Crippen LogP contribution in [0, 0.1) is 11.7 Å². The highest BCUT2D eigenvalue weighted by atomic mass is 32.2. The molecule has 2 heterocycles. The van der Waals surface area contributed by atoms with E-state index in [1.807, 2.05) is 26.1 Å². The Hall–Kier alpha value is -2.85. The number of benzene rings is 2. The minimum atomic E-state index is -3.96. The topological polar surface area (TPSA) is 83.0 Å². The van der Waals surface area contributed by atoms with Crippen molar-refractivity contribution < 1.29 is 22.7 Å². The molecule has 1 aliphatic rings. The van der Waals surface area contributed by atoms with E-state index in [1.54, 1.807) is 49.6 Å². The summed E-state index contributed by atoms with van der Waals surface area (Å²) in [5, 5.41) is 9.82. The van der Waals surface area contributed by atoms with E-state index in [9.17, 15) is 17.9 Å². The quantitative estimate of drug-likeness (QED) is 0.518. The summed E-state index contributed by atoms with van der Waals surface area (Å²) in [7, 11) is -1.98. The van der Waals surface area contributed by atoms with E-state index < -0.39 is 21.9 Å². The SMILES string of the molecule is C[C@@H]1CN([C@H](C)CO)S(=O)(=O)c2ccc(-c3ccccc3F)cc2O[C@@H]1CN(C)Cc1ccncc1. The summed E-state index contributed by atoms with van der Waals surface area (Å²) in [6.07, 6.45) is 3.14. The molecule has 0 saturated heterocycles. The number of aliphatic hydroxyl groups excluding tert-OH is 1. The number of halogens is 1. The summed E-state index contributed by atoms with van der Waals surface area (Å²) in [5.41, 5.74) is 2.00. The Balaban J connectivity index is 1.74. The van der Waals surface area contributed by atoms with Gasteiger partial charge in [0.05, 0.1) is 6.61 Å². The van der Waals surface area contributed by atoms with Gasteiger partial charge in [-0.25, -0.2) is 12.8 Å². The Labute approximate surface area is 212 Å². The van der Waals surface area contributed by atoms with Gasteiger partial charge in [0.2, 0.25) is 10.0 Å². The van der Waals surface area contributed by atoms with Crippen LogP contribution in [0.1, 0.15) is 19.4 Å². The molecular formula is C27H32FN3O4S. The summed E-state index contributed by atoms with van der Waals surface area (Å²) < 4.78 is 49.6.